The number of benzene rings is 3. The van der Waals surface area contributed by atoms with E-state index in [0.717, 1.165) is 19.3 Å². The summed E-state index contributed by atoms with van der Waals surface area (Å²) in [5.74, 6) is 0.561. The number of halogens is 2. The van der Waals surface area contributed by atoms with E-state index in [1.165, 1.54) is 34.5 Å². The Morgan fingerprint density at radius 1 is 1.02 bits per heavy atom. The molecule has 1 aliphatic rings. The molecule has 3 aromatic carbocycles. The van der Waals surface area contributed by atoms with Crippen LogP contribution in [0.1, 0.15) is 77.1 Å². The fourth-order valence-electron chi connectivity index (χ4n) is 5.55. The molecule has 0 aromatic heterocycles. The Labute approximate surface area is 258 Å². The van der Waals surface area contributed by atoms with Gasteiger partial charge in [0, 0.05) is 11.2 Å². The molecule has 41 heavy (non-hydrogen) atoms. The fourth-order valence-corrected chi connectivity index (χ4v) is 7.33. The van der Waals surface area contributed by atoms with Crippen molar-refractivity contribution in [1.29, 1.82) is 0 Å². The second-order valence-electron chi connectivity index (χ2n) is 11.4. The first kappa shape index (κ1) is 33.2. The van der Waals surface area contributed by atoms with E-state index in [-0.39, 0.29) is 22.7 Å². The minimum Gasteiger partial charge on any atom is -0.517 e. The molecular formula is C33H41Cl2N2O3Ru-. The molecule has 0 saturated carbocycles. The van der Waals surface area contributed by atoms with Crippen LogP contribution < -0.4 is 9.64 Å². The van der Waals surface area contributed by atoms with Crippen molar-refractivity contribution in [2.24, 2.45) is 0 Å². The van der Waals surface area contributed by atoms with Crippen LogP contribution in [0.25, 0.3) is 0 Å². The number of aryl methyl sites for hydroxylation is 2. The second-order valence-corrected chi connectivity index (χ2v) is 17.1. The Kier molecular flexibility index (Phi) is 11.6. The third-order valence-electron chi connectivity index (χ3n) is 7.26. The number of ether oxygens (including phenoxy) is 1. The average molecular weight is 686 g/mol. The van der Waals surface area contributed by atoms with Crippen molar-refractivity contribution in [3.05, 3.63) is 106 Å². The molecule has 3 aromatic rings. The first-order chi connectivity index (χ1) is 19.3. The smallest absolute Gasteiger partial charge is 0.0140 e. The van der Waals surface area contributed by atoms with Crippen LogP contribution in [0.5, 0.6) is 5.75 Å². The van der Waals surface area contributed by atoms with Gasteiger partial charge in [0.05, 0.1) is 0 Å². The van der Waals surface area contributed by atoms with Gasteiger partial charge >= 0.3 is 112 Å². The Morgan fingerprint density at radius 2 is 1.63 bits per heavy atom. The fraction of sp³-hybridized carbons (Fsp3) is 0.394. The van der Waals surface area contributed by atoms with Gasteiger partial charge < -0.3 is 4.90 Å². The van der Waals surface area contributed by atoms with E-state index in [4.69, 9.17) is 24.1 Å². The van der Waals surface area contributed by atoms with Crippen LogP contribution in [0.2, 0.25) is 0 Å². The number of nitrogens with zero attached hydrogens (tertiary/aromatic N) is 2. The third-order valence-corrected chi connectivity index (χ3v) is 9.09. The van der Waals surface area contributed by atoms with Gasteiger partial charge in [-0.05, 0) is 44.2 Å². The molecule has 0 N–H and O–H groups in total. The zero-order valence-corrected chi connectivity index (χ0v) is 28.2. The van der Waals surface area contributed by atoms with Gasteiger partial charge in [-0.25, -0.2) is 6.54 Å². The number of para-hydroxylation sites is 1. The molecule has 0 amide bonds. The molecule has 0 radical (unpaired) electrons. The second kappa shape index (κ2) is 14.3. The van der Waals surface area contributed by atoms with Crippen LogP contribution in [0.15, 0.2) is 66.7 Å². The van der Waals surface area contributed by atoms with E-state index in [1.54, 1.807) is 10.7 Å². The molecule has 8 heteroatoms. The van der Waals surface area contributed by atoms with E-state index >= 15 is 0 Å². The van der Waals surface area contributed by atoms with Crippen molar-refractivity contribution in [1.82, 2.24) is 0 Å². The minimum absolute atomic E-state index is 0.00360. The van der Waals surface area contributed by atoms with Crippen molar-refractivity contribution in [3.8, 4) is 5.75 Å². The Hall–Kier alpha value is -2.27. The summed E-state index contributed by atoms with van der Waals surface area (Å²) >= 11 is -2.05. The zero-order chi connectivity index (χ0) is 30.4. The van der Waals surface area contributed by atoms with Crippen LogP contribution in [-0.4, -0.2) is 21.2 Å². The first-order valence-corrected chi connectivity index (χ1v) is 19.4. The van der Waals surface area contributed by atoms with Crippen molar-refractivity contribution in [3.63, 3.8) is 0 Å². The molecule has 4 rings (SSSR count). The minimum atomic E-state index is -2.05. The zero-order valence-electron chi connectivity index (χ0n) is 24.9. The van der Waals surface area contributed by atoms with Gasteiger partial charge in [-0.1, -0.05) is 74.9 Å². The monoisotopic (exact) mass is 685 g/mol. The SMILES string of the molecule is CC(C)Oc1ccc([N+](=O)[O-])cc1[CH]=[Ru]([Cl])[Cl].CCc1cccc(CC)c1N1[CH-]C(C)(c2ccccc2)CC1(C)C. The van der Waals surface area contributed by atoms with Crippen LogP contribution in [0, 0.1) is 16.7 Å². The first-order valence-electron chi connectivity index (χ1n) is 13.9. The molecule has 224 valence electrons. The number of rotatable bonds is 8. The summed E-state index contributed by atoms with van der Waals surface area (Å²) in [6.07, 6.45) is 3.26. The van der Waals surface area contributed by atoms with E-state index in [9.17, 15) is 10.1 Å². The van der Waals surface area contributed by atoms with Gasteiger partial charge in [0.15, 0.2) is 0 Å². The number of nitro groups is 1. The molecule has 0 spiro atoms. The van der Waals surface area contributed by atoms with E-state index in [0.29, 0.717) is 11.3 Å². The van der Waals surface area contributed by atoms with E-state index < -0.39 is 18.4 Å². The number of nitro benzene ring substituents is 1. The molecular weight excluding hydrogens is 644 g/mol. The summed E-state index contributed by atoms with van der Waals surface area (Å²) in [6.45, 7) is 17.9. The van der Waals surface area contributed by atoms with E-state index in [1.807, 2.05) is 13.8 Å². The van der Waals surface area contributed by atoms with Crippen molar-refractivity contribution < 1.29 is 23.2 Å². The van der Waals surface area contributed by atoms with Gasteiger partial charge in [0.2, 0.25) is 0 Å². The molecule has 0 aliphatic carbocycles. The maximum absolute atomic E-state index is 10.7. The predicted octanol–water partition coefficient (Wildman–Crippen LogP) is 9.38. The summed E-state index contributed by atoms with van der Waals surface area (Å²) in [5.41, 5.74) is 6.52. The third kappa shape index (κ3) is 8.40. The molecule has 1 unspecified atom stereocenters. The van der Waals surface area contributed by atoms with Gasteiger partial charge in [-0.2, -0.15) is 0 Å². The van der Waals surface area contributed by atoms with E-state index in [2.05, 4.69) is 94.6 Å². The Balaban J connectivity index is 0.000000241. The topological polar surface area (TPSA) is 55.6 Å². The summed E-state index contributed by atoms with van der Waals surface area (Å²) in [7, 11) is 11.6. The molecule has 5 nitrogen and oxygen atoms in total. The van der Waals surface area contributed by atoms with Crippen LogP contribution in [0.4, 0.5) is 11.4 Å². The summed E-state index contributed by atoms with van der Waals surface area (Å²) in [6, 6.07) is 22.1. The summed E-state index contributed by atoms with van der Waals surface area (Å²) < 4.78 is 7.17. The maximum Gasteiger partial charge on any atom is 0.0140 e. The Bertz CT molecular complexity index is 1350. The van der Waals surface area contributed by atoms with Gasteiger partial charge in [0.25, 0.3) is 0 Å². The number of anilines is 1. The van der Waals surface area contributed by atoms with Gasteiger partial charge in [-0.15, -0.1) is 5.41 Å². The molecule has 1 saturated heterocycles. The van der Waals surface area contributed by atoms with Crippen molar-refractivity contribution >= 4 is 35.4 Å². The van der Waals surface area contributed by atoms with Crippen molar-refractivity contribution in [2.45, 2.75) is 84.8 Å². The maximum atomic E-state index is 10.7. The van der Waals surface area contributed by atoms with Crippen LogP contribution >= 0.6 is 19.4 Å². The molecule has 0 bridgehead atoms. The molecule has 1 aliphatic heterocycles. The summed E-state index contributed by atoms with van der Waals surface area (Å²) in [5, 5.41) is 10.7. The number of hydrogen-bond acceptors (Lipinski definition) is 4. The molecule has 1 atom stereocenters. The number of non-ortho nitro benzene ring substituents is 1. The largest absolute Gasteiger partial charge is 0.517 e. The number of hydrogen-bond donors (Lipinski definition) is 0. The summed E-state index contributed by atoms with van der Waals surface area (Å²) in [4.78, 5) is 12.8. The van der Waals surface area contributed by atoms with Crippen molar-refractivity contribution in [2.75, 3.05) is 4.90 Å². The Morgan fingerprint density at radius 3 is 2.15 bits per heavy atom. The van der Waals surface area contributed by atoms with Crippen LogP contribution in [0.3, 0.4) is 0 Å². The standard InChI is InChI=1S/C23H30N.C10H11NO3.2ClH.Ru/c1-6-18-12-11-13-19(7-2)21(18)24-17-23(5,16-22(24,3)4)20-14-9-8-10-15-20;1-7(2)14-10-5-4-9(11(12)13)6-8(10)3;;;/h8-15,17H,6-7,16H2,1-5H3;3-7H,1-2H3;2*1H;/q-1;;;;+2/p-2. The normalized spacial score (nSPS) is 18.0. The van der Waals surface area contributed by atoms with Crippen LogP contribution in [-0.2, 0) is 31.8 Å². The quantitative estimate of drug-likeness (QED) is 0.103. The predicted molar refractivity (Wildman–Crippen MR) is 170 cm³/mol. The van der Waals surface area contributed by atoms with Gasteiger partial charge in [-0.3, -0.25) is 0 Å². The van der Waals surface area contributed by atoms with Gasteiger partial charge in [0.1, 0.15) is 0 Å². The molecule has 1 fully saturated rings. The average Bonchev–Trinajstić information content (AvgIpc) is 3.18. The molecule has 1 heterocycles.